The monoisotopic (exact) mass is 566 g/mol. The van der Waals surface area contributed by atoms with Gasteiger partial charge in [0.1, 0.15) is 23.4 Å². The molecule has 0 fully saturated rings. The number of aryl methyl sites for hydroxylation is 2. The third-order valence-corrected chi connectivity index (χ3v) is 7.99. The lowest BCUT2D eigenvalue weighted by Gasteiger charge is -2.17. The van der Waals surface area contributed by atoms with E-state index in [2.05, 4.69) is 26.4 Å². The van der Waals surface area contributed by atoms with Crippen LogP contribution in [-0.4, -0.2) is 49.5 Å². The fourth-order valence-corrected chi connectivity index (χ4v) is 5.57. The first-order valence-corrected chi connectivity index (χ1v) is 14.9. The van der Waals surface area contributed by atoms with Crippen LogP contribution in [0.25, 0.3) is 0 Å². The van der Waals surface area contributed by atoms with Crippen molar-refractivity contribution < 1.29 is 27.9 Å². The van der Waals surface area contributed by atoms with E-state index in [4.69, 9.17) is 4.74 Å². The number of carbonyl (C=O) groups is 2. The van der Waals surface area contributed by atoms with Crippen LogP contribution in [0.1, 0.15) is 43.4 Å². The maximum atomic E-state index is 12.8. The Bertz CT molecular complexity index is 1400. The number of sulfonamides is 1. The number of anilines is 1. The van der Waals surface area contributed by atoms with Gasteiger partial charge in [-0.2, -0.15) is 4.72 Å². The molecule has 1 aromatic heterocycles. The van der Waals surface area contributed by atoms with Gasteiger partial charge in [0.25, 0.3) is 0 Å². The van der Waals surface area contributed by atoms with Gasteiger partial charge < -0.3 is 20.5 Å². The number of aromatic nitrogens is 1. The summed E-state index contributed by atoms with van der Waals surface area (Å²) >= 11 is 0. The number of fused-ring (bicyclic) bond motifs is 1. The second-order valence-corrected chi connectivity index (χ2v) is 11.3. The number of nitrogens with zero attached hydrogens (tertiary/aromatic N) is 1. The number of hydrogen-bond donors (Lipinski definition) is 4. The van der Waals surface area contributed by atoms with Crippen molar-refractivity contribution in [2.45, 2.75) is 55.9 Å². The fourth-order valence-electron chi connectivity index (χ4n) is 4.34. The first-order valence-electron chi connectivity index (χ1n) is 13.4. The van der Waals surface area contributed by atoms with Crippen molar-refractivity contribution in [3.63, 3.8) is 0 Å². The highest BCUT2D eigenvalue weighted by Crippen LogP contribution is 2.23. The molecule has 2 aromatic carbocycles. The van der Waals surface area contributed by atoms with Gasteiger partial charge in [-0.25, -0.2) is 13.4 Å². The molecule has 1 amide bonds. The van der Waals surface area contributed by atoms with E-state index in [1.165, 1.54) is 29.8 Å². The highest BCUT2D eigenvalue weighted by atomic mass is 32.2. The molecule has 3 aromatic rings. The van der Waals surface area contributed by atoms with E-state index in [1.807, 2.05) is 24.3 Å². The number of hydrogen-bond acceptors (Lipinski definition) is 7. The van der Waals surface area contributed by atoms with Crippen LogP contribution in [0.4, 0.5) is 5.82 Å². The largest absolute Gasteiger partial charge is 0.480 e. The molecule has 0 aliphatic carbocycles. The number of rotatable bonds is 14. The number of para-hydroxylation sites is 1. The number of unbranched alkanes of at least 4 members (excludes halogenated alkanes) is 1. The van der Waals surface area contributed by atoms with Crippen molar-refractivity contribution in [2.75, 3.05) is 18.4 Å². The van der Waals surface area contributed by atoms with Crippen molar-refractivity contribution in [1.29, 1.82) is 0 Å². The van der Waals surface area contributed by atoms with Crippen LogP contribution < -0.4 is 20.1 Å². The van der Waals surface area contributed by atoms with Gasteiger partial charge in [-0.05, 0) is 86.6 Å². The minimum atomic E-state index is -4.10. The molecule has 0 radical (unpaired) electrons. The summed E-state index contributed by atoms with van der Waals surface area (Å²) in [6, 6.07) is 17.5. The predicted octanol–water partition coefficient (Wildman–Crippen LogP) is 3.88. The van der Waals surface area contributed by atoms with Crippen LogP contribution in [0.2, 0.25) is 0 Å². The smallest absolute Gasteiger partial charge is 0.321 e. The molecule has 4 rings (SSSR count). The molecule has 1 aliphatic heterocycles. The second kappa shape index (κ2) is 13.9. The summed E-state index contributed by atoms with van der Waals surface area (Å²) in [5.41, 5.74) is 2.23. The molecule has 1 atom stereocenters. The SMILES string of the molecule is O=C(CCCCc1ccc2c(n1)NCCC2)NCCC(NS(=O)(=O)c1ccc(Oc2ccccc2)cc1)C(=O)O. The number of carbonyl (C=O) groups excluding carboxylic acids is 1. The lowest BCUT2D eigenvalue weighted by Crippen LogP contribution is -2.43. The van der Waals surface area contributed by atoms with Crippen LogP contribution in [0, 0.1) is 0 Å². The number of carboxylic acid groups (broad SMARTS) is 1. The Morgan fingerprint density at radius 1 is 1.00 bits per heavy atom. The van der Waals surface area contributed by atoms with Crippen LogP contribution in [0.15, 0.2) is 71.6 Å². The molecule has 1 aliphatic rings. The Kier molecular flexibility index (Phi) is 10.1. The van der Waals surface area contributed by atoms with Crippen molar-refractivity contribution in [3.8, 4) is 11.5 Å². The Labute approximate surface area is 234 Å². The highest BCUT2D eigenvalue weighted by molar-refractivity contribution is 7.89. The van der Waals surface area contributed by atoms with E-state index in [0.717, 1.165) is 43.7 Å². The fraction of sp³-hybridized carbons (Fsp3) is 0.345. The minimum Gasteiger partial charge on any atom is -0.480 e. The number of benzene rings is 2. The van der Waals surface area contributed by atoms with Gasteiger partial charge in [-0.3, -0.25) is 9.59 Å². The Morgan fingerprint density at radius 3 is 2.50 bits per heavy atom. The third kappa shape index (κ3) is 8.52. The van der Waals surface area contributed by atoms with Gasteiger partial charge in [0.05, 0.1) is 4.90 Å². The first kappa shape index (κ1) is 29.0. The second-order valence-electron chi connectivity index (χ2n) is 9.59. The summed E-state index contributed by atoms with van der Waals surface area (Å²) < 4.78 is 33.4. The first-order chi connectivity index (χ1) is 19.3. The summed E-state index contributed by atoms with van der Waals surface area (Å²) in [7, 11) is -4.10. The highest BCUT2D eigenvalue weighted by Gasteiger charge is 2.25. The molecule has 1 unspecified atom stereocenters. The van der Waals surface area contributed by atoms with Gasteiger partial charge in [-0.1, -0.05) is 24.3 Å². The third-order valence-electron chi connectivity index (χ3n) is 6.50. The number of amides is 1. The van der Waals surface area contributed by atoms with E-state index in [1.54, 1.807) is 12.1 Å². The van der Waals surface area contributed by atoms with Crippen molar-refractivity contribution in [1.82, 2.24) is 15.0 Å². The van der Waals surface area contributed by atoms with Gasteiger partial charge in [0, 0.05) is 25.2 Å². The lowest BCUT2D eigenvalue weighted by atomic mass is 10.1. The maximum Gasteiger partial charge on any atom is 0.321 e. The molecule has 0 spiro atoms. The van der Waals surface area contributed by atoms with Crippen LogP contribution in [0.3, 0.4) is 0 Å². The average Bonchev–Trinajstić information content (AvgIpc) is 2.95. The average molecular weight is 567 g/mol. The molecule has 40 heavy (non-hydrogen) atoms. The molecular weight excluding hydrogens is 532 g/mol. The molecule has 0 saturated carbocycles. The van der Waals surface area contributed by atoms with Gasteiger partial charge in [0.15, 0.2) is 0 Å². The van der Waals surface area contributed by atoms with Gasteiger partial charge >= 0.3 is 5.97 Å². The summed E-state index contributed by atoms with van der Waals surface area (Å²) in [4.78, 5) is 28.5. The molecule has 0 saturated heterocycles. The molecule has 11 heteroatoms. The maximum absolute atomic E-state index is 12.8. The Balaban J connectivity index is 1.18. The van der Waals surface area contributed by atoms with Crippen LogP contribution in [-0.2, 0) is 32.5 Å². The Hall–Kier alpha value is -3.96. The number of nitrogens with one attached hydrogen (secondary N) is 3. The normalized spacial score (nSPS) is 13.5. The van der Waals surface area contributed by atoms with Crippen molar-refractivity contribution in [3.05, 3.63) is 78.0 Å². The predicted molar refractivity (Wildman–Crippen MR) is 151 cm³/mol. The topological polar surface area (TPSA) is 147 Å². The van der Waals surface area contributed by atoms with E-state index < -0.39 is 22.0 Å². The zero-order valence-electron chi connectivity index (χ0n) is 22.1. The molecule has 212 valence electrons. The molecule has 2 heterocycles. The summed E-state index contributed by atoms with van der Waals surface area (Å²) in [5.74, 6) is 0.473. The zero-order valence-corrected chi connectivity index (χ0v) is 23.0. The number of carboxylic acids is 1. The van der Waals surface area contributed by atoms with E-state index in [0.29, 0.717) is 24.3 Å². The summed E-state index contributed by atoms with van der Waals surface area (Å²) in [6.45, 7) is 0.964. The van der Waals surface area contributed by atoms with Crippen LogP contribution >= 0.6 is 0 Å². The molecule has 4 N–H and O–H groups in total. The Morgan fingerprint density at radius 2 is 1.75 bits per heavy atom. The van der Waals surface area contributed by atoms with E-state index >= 15 is 0 Å². The van der Waals surface area contributed by atoms with Crippen molar-refractivity contribution in [2.24, 2.45) is 0 Å². The summed E-state index contributed by atoms with van der Waals surface area (Å²) in [6.07, 6.45) is 4.58. The zero-order chi connectivity index (χ0) is 28.4. The molecule has 0 bridgehead atoms. The summed E-state index contributed by atoms with van der Waals surface area (Å²) in [5, 5.41) is 15.5. The van der Waals surface area contributed by atoms with Gasteiger partial charge in [0.2, 0.25) is 15.9 Å². The van der Waals surface area contributed by atoms with E-state index in [-0.39, 0.29) is 23.8 Å². The van der Waals surface area contributed by atoms with Crippen LogP contribution in [0.5, 0.6) is 11.5 Å². The quantitative estimate of drug-likeness (QED) is 0.215. The molecule has 10 nitrogen and oxygen atoms in total. The molecular formula is C29H34N4O6S. The lowest BCUT2D eigenvalue weighted by molar-refractivity contribution is -0.139. The number of aliphatic carboxylic acids is 1. The minimum absolute atomic E-state index is 0.0280. The van der Waals surface area contributed by atoms with Crippen molar-refractivity contribution >= 4 is 27.7 Å². The number of pyridine rings is 1. The standard InChI is InChI=1S/C29H34N4O6S/c34-27(11-5-4-8-22-13-12-21-7-6-19-31-28(21)32-22)30-20-18-26(29(35)36)33-40(37,38)25-16-14-24(15-17-25)39-23-9-2-1-3-10-23/h1-3,9-10,12-17,26,33H,4-8,11,18-20H2,(H,30,34)(H,31,32)(H,35,36). The van der Waals surface area contributed by atoms with Gasteiger partial charge in [-0.15, -0.1) is 0 Å². The number of ether oxygens (including phenoxy) is 1. The van der Waals surface area contributed by atoms with E-state index in [9.17, 15) is 23.1 Å².